The smallest absolute Gasteiger partial charge is 0.0657 e. The summed E-state index contributed by atoms with van der Waals surface area (Å²) in [7, 11) is 0. The molecule has 5 heteroatoms. The second-order valence-electron chi connectivity index (χ2n) is 2.59. The molecule has 0 amide bonds. The zero-order valence-electron chi connectivity index (χ0n) is 6.68. The summed E-state index contributed by atoms with van der Waals surface area (Å²) >= 11 is 3.35. The molecule has 0 aromatic heterocycles. The standard InChI is InChI=1S/C8H8BrN3O/c9-7-1-3-8(4-2-7)11-5-6-12(13)10-11/h1-6,10,13H. The number of hydrogen-bond donors (Lipinski definition) is 2. The van der Waals surface area contributed by atoms with E-state index in [4.69, 9.17) is 5.21 Å². The first-order valence-electron chi connectivity index (χ1n) is 3.73. The van der Waals surface area contributed by atoms with Crippen LogP contribution in [0.2, 0.25) is 0 Å². The van der Waals surface area contributed by atoms with Gasteiger partial charge in [-0.1, -0.05) is 15.9 Å². The Hall–Kier alpha value is -1.04. The summed E-state index contributed by atoms with van der Waals surface area (Å²) in [6.45, 7) is 0. The van der Waals surface area contributed by atoms with E-state index in [2.05, 4.69) is 21.5 Å². The Bertz CT molecular complexity index is 325. The van der Waals surface area contributed by atoms with E-state index >= 15 is 0 Å². The molecule has 2 N–H and O–H groups in total. The van der Waals surface area contributed by atoms with Crippen molar-refractivity contribution in [3.63, 3.8) is 0 Å². The van der Waals surface area contributed by atoms with E-state index in [1.165, 1.54) is 6.20 Å². The third-order valence-corrected chi connectivity index (χ3v) is 2.20. The maximum Gasteiger partial charge on any atom is 0.0657 e. The molecule has 0 spiro atoms. The lowest BCUT2D eigenvalue weighted by Gasteiger charge is -2.17. The van der Waals surface area contributed by atoms with Crippen LogP contribution in [0.1, 0.15) is 0 Å². The van der Waals surface area contributed by atoms with Crippen molar-refractivity contribution in [1.29, 1.82) is 0 Å². The summed E-state index contributed by atoms with van der Waals surface area (Å²) in [5.74, 6) is 0. The van der Waals surface area contributed by atoms with Crippen molar-refractivity contribution in [2.45, 2.75) is 0 Å². The van der Waals surface area contributed by atoms with Gasteiger partial charge in [-0.05, 0) is 24.3 Å². The third kappa shape index (κ3) is 1.82. The molecule has 0 radical (unpaired) electrons. The summed E-state index contributed by atoms with van der Waals surface area (Å²) in [5.41, 5.74) is 3.64. The number of hydrogen-bond acceptors (Lipinski definition) is 4. The molecule has 1 aromatic carbocycles. The molecule has 0 fully saturated rings. The van der Waals surface area contributed by atoms with Crippen LogP contribution in [-0.4, -0.2) is 10.4 Å². The molecule has 1 aliphatic heterocycles. The summed E-state index contributed by atoms with van der Waals surface area (Å²) in [6, 6.07) is 7.73. The van der Waals surface area contributed by atoms with E-state index < -0.39 is 0 Å². The fourth-order valence-corrected chi connectivity index (χ4v) is 1.32. The van der Waals surface area contributed by atoms with Gasteiger partial charge in [-0.25, -0.2) is 0 Å². The largest absolute Gasteiger partial charge is 0.272 e. The predicted octanol–water partition coefficient (Wildman–Crippen LogP) is 1.85. The number of hydrazine groups is 2. The molecule has 0 unspecified atom stereocenters. The van der Waals surface area contributed by atoms with E-state index in [1.54, 1.807) is 11.2 Å². The van der Waals surface area contributed by atoms with Crippen LogP contribution in [0.3, 0.4) is 0 Å². The number of nitrogens with one attached hydrogen (secondary N) is 1. The van der Waals surface area contributed by atoms with Crippen LogP contribution in [0.4, 0.5) is 5.69 Å². The fraction of sp³-hybridized carbons (Fsp3) is 0. The summed E-state index contributed by atoms with van der Waals surface area (Å²) in [6.07, 6.45) is 3.24. The van der Waals surface area contributed by atoms with E-state index in [0.717, 1.165) is 15.3 Å². The normalized spacial score (nSPS) is 15.5. The Morgan fingerprint density at radius 1 is 1.15 bits per heavy atom. The topological polar surface area (TPSA) is 38.7 Å². The van der Waals surface area contributed by atoms with Gasteiger partial charge >= 0.3 is 0 Å². The molecule has 0 aliphatic carbocycles. The van der Waals surface area contributed by atoms with Gasteiger partial charge < -0.3 is 0 Å². The maximum atomic E-state index is 9.00. The minimum Gasteiger partial charge on any atom is -0.272 e. The first kappa shape index (κ1) is 8.55. The molecule has 0 saturated carbocycles. The molecular weight excluding hydrogens is 234 g/mol. The van der Waals surface area contributed by atoms with Gasteiger partial charge in [0.05, 0.1) is 11.9 Å². The molecule has 0 saturated heterocycles. The lowest BCUT2D eigenvalue weighted by atomic mass is 10.3. The van der Waals surface area contributed by atoms with Gasteiger partial charge in [0.2, 0.25) is 0 Å². The second-order valence-corrected chi connectivity index (χ2v) is 3.50. The minimum absolute atomic E-state index is 0.891. The van der Waals surface area contributed by atoms with E-state index in [-0.39, 0.29) is 0 Å². The predicted molar refractivity (Wildman–Crippen MR) is 52.5 cm³/mol. The van der Waals surface area contributed by atoms with Crippen LogP contribution in [0.5, 0.6) is 0 Å². The van der Waals surface area contributed by atoms with Gasteiger partial charge in [0.1, 0.15) is 0 Å². The van der Waals surface area contributed by atoms with Crippen LogP contribution in [0, 0.1) is 0 Å². The fourth-order valence-electron chi connectivity index (χ4n) is 1.05. The number of hydroxylamine groups is 1. The van der Waals surface area contributed by atoms with E-state index in [0.29, 0.717) is 0 Å². The van der Waals surface area contributed by atoms with Crippen LogP contribution in [-0.2, 0) is 0 Å². The maximum absolute atomic E-state index is 9.00. The van der Waals surface area contributed by atoms with E-state index in [1.807, 2.05) is 24.3 Å². The number of nitrogens with zero attached hydrogens (tertiary/aromatic N) is 2. The van der Waals surface area contributed by atoms with Crippen LogP contribution in [0.15, 0.2) is 41.1 Å². The molecule has 0 bridgehead atoms. The van der Waals surface area contributed by atoms with Gasteiger partial charge in [0.15, 0.2) is 0 Å². The summed E-state index contributed by atoms with van der Waals surface area (Å²) < 4.78 is 1.03. The second kappa shape index (κ2) is 3.37. The van der Waals surface area contributed by atoms with Crippen LogP contribution < -0.4 is 10.5 Å². The molecule has 1 heterocycles. The van der Waals surface area contributed by atoms with Crippen molar-refractivity contribution in [2.24, 2.45) is 0 Å². The monoisotopic (exact) mass is 241 g/mol. The van der Waals surface area contributed by atoms with E-state index in [9.17, 15) is 0 Å². The highest BCUT2D eigenvalue weighted by Gasteiger charge is 2.10. The van der Waals surface area contributed by atoms with Gasteiger partial charge in [-0.2, -0.15) is 5.17 Å². The molecule has 0 atom stereocenters. The van der Waals surface area contributed by atoms with Crippen LogP contribution in [0.25, 0.3) is 0 Å². The molecule has 68 valence electrons. The minimum atomic E-state index is 0.891. The Morgan fingerprint density at radius 2 is 1.85 bits per heavy atom. The molecular formula is C8H8BrN3O. The number of benzene rings is 1. The van der Waals surface area contributed by atoms with Crippen molar-refractivity contribution in [1.82, 2.24) is 10.7 Å². The number of halogens is 1. The van der Waals surface area contributed by atoms with Gasteiger partial charge in [0.25, 0.3) is 0 Å². The van der Waals surface area contributed by atoms with Gasteiger partial charge in [-0.3, -0.25) is 10.2 Å². The van der Waals surface area contributed by atoms with Crippen LogP contribution >= 0.6 is 15.9 Å². The lowest BCUT2D eigenvalue weighted by Crippen LogP contribution is -2.37. The first-order chi connectivity index (χ1) is 6.25. The average Bonchev–Trinajstić information content (AvgIpc) is 2.53. The molecule has 13 heavy (non-hydrogen) atoms. The Labute approximate surface area is 84.1 Å². The first-order valence-corrected chi connectivity index (χ1v) is 4.52. The molecule has 4 nitrogen and oxygen atoms in total. The summed E-state index contributed by atoms with van der Waals surface area (Å²) in [5, 5.41) is 11.6. The molecule has 2 rings (SSSR count). The van der Waals surface area contributed by atoms with Gasteiger partial charge in [-0.15, -0.1) is 5.53 Å². The van der Waals surface area contributed by atoms with Crippen molar-refractivity contribution in [3.8, 4) is 0 Å². The molecule has 1 aromatic rings. The number of rotatable bonds is 1. The number of anilines is 1. The molecule has 1 aliphatic rings. The quantitative estimate of drug-likeness (QED) is 0.788. The van der Waals surface area contributed by atoms with Crippen molar-refractivity contribution < 1.29 is 5.21 Å². The highest BCUT2D eigenvalue weighted by Crippen LogP contribution is 2.18. The zero-order valence-corrected chi connectivity index (χ0v) is 8.27. The van der Waals surface area contributed by atoms with Crippen molar-refractivity contribution >= 4 is 21.6 Å². The zero-order chi connectivity index (χ0) is 9.26. The Balaban J connectivity index is 2.18. The van der Waals surface area contributed by atoms with Crippen molar-refractivity contribution in [3.05, 3.63) is 41.1 Å². The SMILES string of the molecule is ON1C=CN(c2ccc(Br)cc2)N1. The van der Waals surface area contributed by atoms with Crippen molar-refractivity contribution in [2.75, 3.05) is 5.01 Å². The highest BCUT2D eigenvalue weighted by atomic mass is 79.9. The average molecular weight is 242 g/mol. The Morgan fingerprint density at radius 3 is 2.38 bits per heavy atom. The third-order valence-electron chi connectivity index (χ3n) is 1.67. The lowest BCUT2D eigenvalue weighted by molar-refractivity contribution is -0.0791. The van der Waals surface area contributed by atoms with Gasteiger partial charge in [0, 0.05) is 10.7 Å². The Kier molecular flexibility index (Phi) is 2.22. The highest BCUT2D eigenvalue weighted by molar-refractivity contribution is 9.10. The summed E-state index contributed by atoms with van der Waals surface area (Å²) in [4.78, 5) is 0.